The lowest BCUT2D eigenvalue weighted by Gasteiger charge is -2.20. The Morgan fingerprint density at radius 1 is 1.47 bits per heavy atom. The van der Waals surface area contributed by atoms with Gasteiger partial charge in [-0.1, -0.05) is 0 Å². The number of sulfone groups is 1. The lowest BCUT2D eigenvalue weighted by atomic mass is 10.2. The maximum Gasteiger partial charge on any atom is 0.149 e. The van der Waals surface area contributed by atoms with Gasteiger partial charge in [0.05, 0.1) is 5.75 Å². The highest BCUT2D eigenvalue weighted by atomic mass is 32.2. The summed E-state index contributed by atoms with van der Waals surface area (Å²) in [4.78, 5) is 6.14. The van der Waals surface area contributed by atoms with Gasteiger partial charge in [0.15, 0.2) is 0 Å². The molecule has 0 unspecified atom stereocenters. The third-order valence-electron chi connectivity index (χ3n) is 2.50. The molecule has 6 heteroatoms. The third kappa shape index (κ3) is 4.32. The molecule has 0 aromatic carbocycles. The van der Waals surface area contributed by atoms with E-state index in [4.69, 9.17) is 5.73 Å². The highest BCUT2D eigenvalue weighted by molar-refractivity contribution is 7.90. The summed E-state index contributed by atoms with van der Waals surface area (Å²) in [7, 11) is -1.11. The van der Waals surface area contributed by atoms with Crippen molar-refractivity contribution in [2.24, 2.45) is 5.73 Å². The largest absolute Gasteiger partial charge is 0.358 e. The van der Waals surface area contributed by atoms with Gasteiger partial charge in [-0.2, -0.15) is 0 Å². The van der Waals surface area contributed by atoms with Crippen LogP contribution in [0, 0.1) is 6.92 Å². The highest BCUT2D eigenvalue weighted by Crippen LogP contribution is 2.16. The van der Waals surface area contributed by atoms with Crippen molar-refractivity contribution in [1.82, 2.24) is 4.98 Å². The molecule has 1 rings (SSSR count). The van der Waals surface area contributed by atoms with Gasteiger partial charge in [0.2, 0.25) is 0 Å². The normalized spacial score (nSPS) is 11.5. The van der Waals surface area contributed by atoms with Crippen LogP contribution < -0.4 is 10.6 Å². The second kappa shape index (κ2) is 5.46. The smallest absolute Gasteiger partial charge is 0.149 e. The van der Waals surface area contributed by atoms with Crippen LogP contribution in [-0.2, 0) is 16.4 Å². The summed E-state index contributed by atoms with van der Waals surface area (Å²) in [6.45, 7) is 2.84. The molecule has 96 valence electrons. The molecule has 0 aliphatic rings. The molecular formula is C11H19N3O2S. The molecule has 5 nitrogen and oxygen atoms in total. The Morgan fingerprint density at radius 3 is 2.59 bits per heavy atom. The lowest BCUT2D eigenvalue weighted by molar-refractivity contribution is 0.601. The van der Waals surface area contributed by atoms with Crippen molar-refractivity contribution in [2.45, 2.75) is 13.5 Å². The first-order valence-corrected chi connectivity index (χ1v) is 7.44. The van der Waals surface area contributed by atoms with Crippen LogP contribution >= 0.6 is 0 Å². The van der Waals surface area contributed by atoms with E-state index in [9.17, 15) is 8.42 Å². The van der Waals surface area contributed by atoms with E-state index in [2.05, 4.69) is 4.98 Å². The summed E-state index contributed by atoms with van der Waals surface area (Å²) in [5.74, 6) is 0.925. The first-order chi connectivity index (χ1) is 7.83. The Balaban J connectivity index is 2.79. The molecular weight excluding hydrogens is 238 g/mol. The Kier molecular flexibility index (Phi) is 4.47. The van der Waals surface area contributed by atoms with Crippen molar-refractivity contribution < 1.29 is 8.42 Å². The Labute approximate surface area is 103 Å². The molecule has 1 aromatic heterocycles. The quantitative estimate of drug-likeness (QED) is 0.822. The molecule has 2 N–H and O–H groups in total. The molecule has 0 aliphatic carbocycles. The van der Waals surface area contributed by atoms with Gasteiger partial charge in [-0.15, -0.1) is 0 Å². The third-order valence-corrected chi connectivity index (χ3v) is 3.43. The number of aromatic nitrogens is 1. The zero-order valence-corrected chi connectivity index (χ0v) is 11.3. The number of anilines is 1. The monoisotopic (exact) mass is 257 g/mol. The molecule has 0 radical (unpaired) electrons. The number of aryl methyl sites for hydroxylation is 1. The minimum absolute atomic E-state index is 0.128. The van der Waals surface area contributed by atoms with Crippen LogP contribution in [0.3, 0.4) is 0 Å². The van der Waals surface area contributed by atoms with E-state index in [1.807, 2.05) is 24.9 Å². The summed E-state index contributed by atoms with van der Waals surface area (Å²) < 4.78 is 22.2. The molecule has 17 heavy (non-hydrogen) atoms. The van der Waals surface area contributed by atoms with Crippen LogP contribution in [0.2, 0.25) is 0 Å². The number of nitrogens with two attached hydrogens (primary N) is 1. The van der Waals surface area contributed by atoms with E-state index in [1.165, 1.54) is 6.26 Å². The van der Waals surface area contributed by atoms with Crippen molar-refractivity contribution in [3.8, 4) is 0 Å². The predicted octanol–water partition coefficient (Wildman–Crippen LogP) is 0.330. The van der Waals surface area contributed by atoms with E-state index < -0.39 is 9.84 Å². The van der Waals surface area contributed by atoms with Crippen molar-refractivity contribution in [3.05, 3.63) is 23.4 Å². The van der Waals surface area contributed by atoms with Crippen LogP contribution in [0.4, 0.5) is 5.82 Å². The van der Waals surface area contributed by atoms with Gasteiger partial charge in [0, 0.05) is 32.6 Å². The Hall–Kier alpha value is -1.14. The van der Waals surface area contributed by atoms with Crippen LogP contribution in [0.5, 0.6) is 0 Å². The van der Waals surface area contributed by atoms with Crippen LogP contribution in [0.1, 0.15) is 11.1 Å². The maximum atomic E-state index is 11.1. The van der Waals surface area contributed by atoms with Gasteiger partial charge in [-0.3, -0.25) is 0 Å². The van der Waals surface area contributed by atoms with Crippen LogP contribution in [0.25, 0.3) is 0 Å². The number of pyridine rings is 1. The first kappa shape index (κ1) is 13.9. The Morgan fingerprint density at radius 2 is 2.12 bits per heavy atom. The van der Waals surface area contributed by atoms with E-state index in [-0.39, 0.29) is 5.75 Å². The van der Waals surface area contributed by atoms with Gasteiger partial charge in [-0.25, -0.2) is 13.4 Å². The zero-order valence-electron chi connectivity index (χ0n) is 10.5. The number of rotatable bonds is 5. The molecule has 1 heterocycles. The molecule has 1 aromatic rings. The van der Waals surface area contributed by atoms with E-state index in [0.29, 0.717) is 13.1 Å². The summed E-state index contributed by atoms with van der Waals surface area (Å²) in [5.41, 5.74) is 7.51. The molecule has 0 spiro atoms. The molecule has 0 saturated carbocycles. The van der Waals surface area contributed by atoms with Gasteiger partial charge >= 0.3 is 0 Å². The maximum absolute atomic E-state index is 11.1. The lowest BCUT2D eigenvalue weighted by Crippen LogP contribution is -2.26. The van der Waals surface area contributed by atoms with Crippen LogP contribution in [-0.4, -0.2) is 39.0 Å². The minimum atomic E-state index is -2.94. The van der Waals surface area contributed by atoms with E-state index >= 15 is 0 Å². The molecule has 0 saturated heterocycles. The topological polar surface area (TPSA) is 76.3 Å². The Bertz CT molecular complexity index is 485. The molecule has 0 aliphatic heterocycles. The summed E-state index contributed by atoms with van der Waals surface area (Å²) in [5, 5.41) is 0. The number of hydrogen-bond acceptors (Lipinski definition) is 5. The van der Waals surface area contributed by atoms with Crippen molar-refractivity contribution >= 4 is 15.7 Å². The SMILES string of the molecule is Cc1cc(CN)cnc1N(C)CCS(C)(=O)=O. The molecule has 0 amide bonds. The summed E-state index contributed by atoms with van der Waals surface area (Å²) in [6.07, 6.45) is 2.96. The summed E-state index contributed by atoms with van der Waals surface area (Å²) >= 11 is 0. The van der Waals surface area contributed by atoms with Crippen LogP contribution in [0.15, 0.2) is 12.3 Å². The average molecular weight is 257 g/mol. The fourth-order valence-electron chi connectivity index (χ4n) is 1.55. The second-order valence-electron chi connectivity index (χ2n) is 4.24. The molecule has 0 atom stereocenters. The second-order valence-corrected chi connectivity index (χ2v) is 6.50. The van der Waals surface area contributed by atoms with Crippen molar-refractivity contribution in [2.75, 3.05) is 30.5 Å². The first-order valence-electron chi connectivity index (χ1n) is 5.38. The summed E-state index contributed by atoms with van der Waals surface area (Å²) in [6, 6.07) is 1.97. The predicted molar refractivity (Wildman–Crippen MR) is 69.8 cm³/mol. The van der Waals surface area contributed by atoms with Gasteiger partial charge in [0.1, 0.15) is 15.7 Å². The standard InChI is InChI=1S/C11H19N3O2S/c1-9-6-10(7-12)8-13-11(9)14(2)4-5-17(3,15)16/h6,8H,4-5,7,12H2,1-3H3. The zero-order chi connectivity index (χ0) is 13.1. The van der Waals surface area contributed by atoms with Crippen molar-refractivity contribution in [1.29, 1.82) is 0 Å². The highest BCUT2D eigenvalue weighted by Gasteiger charge is 2.09. The fourth-order valence-corrected chi connectivity index (χ4v) is 2.15. The van der Waals surface area contributed by atoms with E-state index in [1.54, 1.807) is 6.20 Å². The average Bonchev–Trinajstić information content (AvgIpc) is 2.24. The van der Waals surface area contributed by atoms with Gasteiger partial charge < -0.3 is 10.6 Å². The molecule has 0 fully saturated rings. The van der Waals surface area contributed by atoms with Crippen molar-refractivity contribution in [3.63, 3.8) is 0 Å². The molecule has 0 bridgehead atoms. The fraction of sp³-hybridized carbons (Fsp3) is 0.545. The number of nitrogens with zero attached hydrogens (tertiary/aromatic N) is 2. The number of hydrogen-bond donors (Lipinski definition) is 1. The van der Waals surface area contributed by atoms with Gasteiger partial charge in [0.25, 0.3) is 0 Å². The van der Waals surface area contributed by atoms with Gasteiger partial charge in [-0.05, 0) is 24.1 Å². The van der Waals surface area contributed by atoms with E-state index in [0.717, 1.165) is 16.9 Å². The minimum Gasteiger partial charge on any atom is -0.358 e.